The van der Waals surface area contributed by atoms with E-state index in [1.807, 2.05) is 24.4 Å². The maximum atomic E-state index is 6.05. The van der Waals surface area contributed by atoms with Crippen molar-refractivity contribution in [2.45, 2.75) is 13.8 Å². The fourth-order valence-electron chi connectivity index (χ4n) is 2.71. The minimum atomic E-state index is 0.717. The summed E-state index contributed by atoms with van der Waals surface area (Å²) in [5.74, 6) is 0. The Morgan fingerprint density at radius 1 is 1.10 bits per heavy atom. The fraction of sp³-hybridized carbons (Fsp3) is 0.167. The molecular formula is C18H19N3. The summed E-state index contributed by atoms with van der Waals surface area (Å²) in [6, 6.07) is 16.5. The van der Waals surface area contributed by atoms with Crippen LogP contribution in [0, 0.1) is 6.92 Å². The average Bonchev–Trinajstić information content (AvgIpc) is 2.49. The van der Waals surface area contributed by atoms with Gasteiger partial charge in [-0.3, -0.25) is 4.98 Å². The number of benzene rings is 2. The number of aromatic nitrogens is 1. The van der Waals surface area contributed by atoms with E-state index in [9.17, 15) is 0 Å². The van der Waals surface area contributed by atoms with E-state index in [1.165, 1.54) is 11.3 Å². The molecule has 0 aliphatic rings. The Morgan fingerprint density at radius 2 is 1.90 bits per heavy atom. The predicted molar refractivity (Wildman–Crippen MR) is 90.0 cm³/mol. The third-order valence-electron chi connectivity index (χ3n) is 3.70. The Hall–Kier alpha value is -2.55. The summed E-state index contributed by atoms with van der Waals surface area (Å²) in [5.41, 5.74) is 11.2. The van der Waals surface area contributed by atoms with Gasteiger partial charge in [-0.15, -0.1) is 0 Å². The van der Waals surface area contributed by atoms with Crippen LogP contribution in [0.5, 0.6) is 0 Å². The van der Waals surface area contributed by atoms with Gasteiger partial charge in [0, 0.05) is 23.8 Å². The minimum absolute atomic E-state index is 0.717. The molecule has 3 rings (SSSR count). The van der Waals surface area contributed by atoms with E-state index in [2.05, 4.69) is 54.1 Å². The third-order valence-corrected chi connectivity index (χ3v) is 3.70. The van der Waals surface area contributed by atoms with Crippen LogP contribution in [0.4, 0.5) is 17.1 Å². The lowest BCUT2D eigenvalue weighted by molar-refractivity contribution is 1.03. The first-order chi connectivity index (χ1) is 10.2. The van der Waals surface area contributed by atoms with Crippen LogP contribution in [0.3, 0.4) is 0 Å². The molecule has 0 fully saturated rings. The number of anilines is 3. The SMILES string of the molecule is CCN(c1cccc(C)c1)c1ccnc2c(N)cccc12. The van der Waals surface area contributed by atoms with Crippen LogP contribution in [-0.4, -0.2) is 11.5 Å². The van der Waals surface area contributed by atoms with Crippen LogP contribution in [0.2, 0.25) is 0 Å². The van der Waals surface area contributed by atoms with Crippen LogP contribution in [0.15, 0.2) is 54.7 Å². The molecule has 0 radical (unpaired) electrons. The molecule has 3 nitrogen and oxygen atoms in total. The molecule has 106 valence electrons. The standard InChI is InChI=1S/C18H19N3/c1-3-21(14-7-4-6-13(2)12-14)17-10-11-20-18-15(17)8-5-9-16(18)19/h4-12H,3,19H2,1-2H3. The van der Waals surface area contributed by atoms with Gasteiger partial charge in [0.05, 0.1) is 16.9 Å². The maximum absolute atomic E-state index is 6.05. The molecule has 0 spiro atoms. The average molecular weight is 277 g/mol. The molecule has 0 atom stereocenters. The van der Waals surface area contributed by atoms with Crippen LogP contribution in [0.1, 0.15) is 12.5 Å². The summed E-state index contributed by atoms with van der Waals surface area (Å²) in [5, 5.41) is 1.08. The van der Waals surface area contributed by atoms with Crippen LogP contribution in [0.25, 0.3) is 10.9 Å². The van der Waals surface area contributed by atoms with Crippen LogP contribution < -0.4 is 10.6 Å². The number of para-hydroxylation sites is 1. The monoisotopic (exact) mass is 277 g/mol. The summed E-state index contributed by atoms with van der Waals surface area (Å²) in [6.07, 6.45) is 1.83. The van der Waals surface area contributed by atoms with Crippen molar-refractivity contribution in [1.82, 2.24) is 4.98 Å². The summed E-state index contributed by atoms with van der Waals surface area (Å²) in [4.78, 5) is 6.71. The molecule has 0 unspecified atom stereocenters. The predicted octanol–water partition coefficient (Wildman–Crippen LogP) is 4.28. The van der Waals surface area contributed by atoms with Crippen molar-refractivity contribution >= 4 is 28.0 Å². The highest BCUT2D eigenvalue weighted by molar-refractivity contribution is 5.99. The van der Waals surface area contributed by atoms with E-state index in [0.29, 0.717) is 0 Å². The van der Waals surface area contributed by atoms with Gasteiger partial charge in [-0.2, -0.15) is 0 Å². The number of hydrogen-bond acceptors (Lipinski definition) is 3. The van der Waals surface area contributed by atoms with Crippen LogP contribution in [-0.2, 0) is 0 Å². The molecule has 2 aromatic carbocycles. The van der Waals surface area contributed by atoms with Gasteiger partial charge in [0.15, 0.2) is 0 Å². The number of rotatable bonds is 3. The molecule has 0 saturated heterocycles. The Bertz CT molecular complexity index is 780. The molecule has 3 aromatic rings. The first kappa shape index (κ1) is 13.4. The maximum Gasteiger partial charge on any atom is 0.0952 e. The second kappa shape index (κ2) is 5.44. The quantitative estimate of drug-likeness (QED) is 0.726. The van der Waals surface area contributed by atoms with Crippen molar-refractivity contribution in [3.05, 3.63) is 60.3 Å². The zero-order valence-electron chi connectivity index (χ0n) is 12.4. The number of pyridine rings is 1. The lowest BCUT2D eigenvalue weighted by Gasteiger charge is -2.25. The topological polar surface area (TPSA) is 42.2 Å². The van der Waals surface area contributed by atoms with E-state index < -0.39 is 0 Å². The summed E-state index contributed by atoms with van der Waals surface area (Å²) in [6.45, 7) is 5.15. The van der Waals surface area contributed by atoms with E-state index in [0.717, 1.165) is 28.8 Å². The Labute approximate surface area is 125 Å². The first-order valence-corrected chi connectivity index (χ1v) is 7.18. The highest BCUT2D eigenvalue weighted by Crippen LogP contribution is 2.33. The van der Waals surface area contributed by atoms with Gasteiger partial charge >= 0.3 is 0 Å². The van der Waals surface area contributed by atoms with Crippen molar-refractivity contribution < 1.29 is 0 Å². The Kier molecular flexibility index (Phi) is 3.48. The van der Waals surface area contributed by atoms with Gasteiger partial charge in [0.2, 0.25) is 0 Å². The van der Waals surface area contributed by atoms with Gasteiger partial charge in [-0.05, 0) is 43.7 Å². The van der Waals surface area contributed by atoms with Gasteiger partial charge in [0.25, 0.3) is 0 Å². The summed E-state index contributed by atoms with van der Waals surface area (Å²) in [7, 11) is 0. The van der Waals surface area contributed by atoms with E-state index >= 15 is 0 Å². The second-order valence-corrected chi connectivity index (χ2v) is 5.16. The number of hydrogen-bond donors (Lipinski definition) is 1. The minimum Gasteiger partial charge on any atom is -0.397 e. The zero-order chi connectivity index (χ0) is 14.8. The molecule has 0 amide bonds. The van der Waals surface area contributed by atoms with E-state index in [1.54, 1.807) is 0 Å². The number of nitrogens with two attached hydrogens (primary N) is 1. The molecule has 0 aliphatic carbocycles. The molecule has 2 N–H and O–H groups in total. The van der Waals surface area contributed by atoms with Crippen molar-refractivity contribution in [2.24, 2.45) is 0 Å². The number of aryl methyl sites for hydroxylation is 1. The number of nitrogen functional groups attached to an aromatic ring is 1. The van der Waals surface area contributed by atoms with Gasteiger partial charge in [0.1, 0.15) is 0 Å². The lowest BCUT2D eigenvalue weighted by atomic mass is 10.1. The Balaban J connectivity index is 2.20. The summed E-state index contributed by atoms with van der Waals surface area (Å²) >= 11 is 0. The van der Waals surface area contributed by atoms with Crippen molar-refractivity contribution in [3.63, 3.8) is 0 Å². The van der Waals surface area contributed by atoms with Crippen molar-refractivity contribution in [3.8, 4) is 0 Å². The van der Waals surface area contributed by atoms with E-state index in [-0.39, 0.29) is 0 Å². The van der Waals surface area contributed by atoms with Crippen molar-refractivity contribution in [2.75, 3.05) is 17.2 Å². The molecule has 3 heteroatoms. The third kappa shape index (κ3) is 2.42. The summed E-state index contributed by atoms with van der Waals surface area (Å²) < 4.78 is 0. The van der Waals surface area contributed by atoms with Gasteiger partial charge < -0.3 is 10.6 Å². The fourth-order valence-corrected chi connectivity index (χ4v) is 2.71. The van der Waals surface area contributed by atoms with Crippen LogP contribution >= 0.6 is 0 Å². The van der Waals surface area contributed by atoms with Crippen molar-refractivity contribution in [1.29, 1.82) is 0 Å². The largest absolute Gasteiger partial charge is 0.397 e. The molecule has 1 aromatic heterocycles. The molecule has 1 heterocycles. The lowest BCUT2D eigenvalue weighted by Crippen LogP contribution is -2.16. The molecule has 0 saturated carbocycles. The zero-order valence-corrected chi connectivity index (χ0v) is 12.4. The highest BCUT2D eigenvalue weighted by atomic mass is 15.1. The second-order valence-electron chi connectivity index (χ2n) is 5.16. The normalized spacial score (nSPS) is 10.8. The highest BCUT2D eigenvalue weighted by Gasteiger charge is 2.12. The first-order valence-electron chi connectivity index (χ1n) is 7.18. The smallest absolute Gasteiger partial charge is 0.0952 e. The molecule has 0 aliphatic heterocycles. The van der Waals surface area contributed by atoms with E-state index in [4.69, 9.17) is 5.73 Å². The van der Waals surface area contributed by atoms with Gasteiger partial charge in [-0.1, -0.05) is 24.3 Å². The molecular weight excluding hydrogens is 258 g/mol. The number of fused-ring (bicyclic) bond motifs is 1. The number of nitrogens with zero attached hydrogens (tertiary/aromatic N) is 2. The molecule has 21 heavy (non-hydrogen) atoms. The van der Waals surface area contributed by atoms with Gasteiger partial charge in [-0.25, -0.2) is 0 Å². The molecule has 0 bridgehead atoms. The Morgan fingerprint density at radius 3 is 2.67 bits per heavy atom.